The standard InChI is InChI=1S/C28H28P/c1-22-19-20-28(24(3)23(22)2)29(26-15-9-5-10-16-26,27-17-11-6-12-18-27)21-25-13-7-4-8-14-25/h4-20H,21H2,1-3H3/q+1. The minimum absolute atomic E-state index is 1.03. The van der Waals surface area contributed by atoms with Gasteiger partial charge in [0, 0.05) is 0 Å². The van der Waals surface area contributed by atoms with Gasteiger partial charge in [-0.3, -0.25) is 0 Å². The molecule has 4 aromatic carbocycles. The molecule has 1 heteroatoms. The van der Waals surface area contributed by atoms with E-state index >= 15 is 0 Å². The Labute approximate surface area is 175 Å². The summed E-state index contributed by atoms with van der Waals surface area (Å²) in [5.74, 6) is 0. The zero-order chi connectivity index (χ0) is 20.3. The van der Waals surface area contributed by atoms with E-state index in [0.29, 0.717) is 0 Å². The van der Waals surface area contributed by atoms with Crippen LogP contribution in [-0.4, -0.2) is 0 Å². The summed E-state index contributed by atoms with van der Waals surface area (Å²) in [6.45, 7) is 6.79. The zero-order valence-electron chi connectivity index (χ0n) is 17.5. The van der Waals surface area contributed by atoms with Crippen molar-refractivity contribution in [2.75, 3.05) is 0 Å². The molecule has 0 spiro atoms. The molecule has 0 saturated heterocycles. The molecular formula is C28H28P+. The quantitative estimate of drug-likeness (QED) is 0.358. The van der Waals surface area contributed by atoms with E-state index in [9.17, 15) is 0 Å². The van der Waals surface area contributed by atoms with Crippen molar-refractivity contribution in [2.24, 2.45) is 0 Å². The Kier molecular flexibility index (Phi) is 5.65. The summed E-state index contributed by atoms with van der Waals surface area (Å²) < 4.78 is 0. The summed E-state index contributed by atoms with van der Waals surface area (Å²) >= 11 is 0. The van der Waals surface area contributed by atoms with Crippen molar-refractivity contribution < 1.29 is 0 Å². The van der Waals surface area contributed by atoms with Crippen LogP contribution in [0.4, 0.5) is 0 Å². The summed E-state index contributed by atoms with van der Waals surface area (Å²) in [7, 11) is -1.86. The van der Waals surface area contributed by atoms with Gasteiger partial charge >= 0.3 is 0 Å². The molecule has 0 aliphatic rings. The first-order chi connectivity index (χ1) is 14.1. The van der Waals surface area contributed by atoms with E-state index in [1.54, 1.807) is 0 Å². The van der Waals surface area contributed by atoms with Gasteiger partial charge in [0.05, 0.1) is 6.16 Å². The van der Waals surface area contributed by atoms with Crippen molar-refractivity contribution >= 4 is 23.2 Å². The molecule has 4 aromatic rings. The van der Waals surface area contributed by atoms with E-state index in [4.69, 9.17) is 0 Å². The maximum absolute atomic E-state index is 2.40. The Morgan fingerprint density at radius 2 is 1.00 bits per heavy atom. The first-order valence-electron chi connectivity index (χ1n) is 10.2. The first-order valence-corrected chi connectivity index (χ1v) is 12.2. The fraction of sp³-hybridized carbons (Fsp3) is 0.143. The predicted molar refractivity (Wildman–Crippen MR) is 130 cm³/mol. The van der Waals surface area contributed by atoms with Crippen molar-refractivity contribution in [2.45, 2.75) is 26.9 Å². The topological polar surface area (TPSA) is 0 Å². The zero-order valence-corrected chi connectivity index (χ0v) is 18.4. The van der Waals surface area contributed by atoms with Crippen molar-refractivity contribution in [3.63, 3.8) is 0 Å². The van der Waals surface area contributed by atoms with Crippen LogP contribution < -0.4 is 15.9 Å². The number of aryl methyl sites for hydroxylation is 1. The molecule has 0 aromatic heterocycles. The minimum atomic E-state index is -1.86. The van der Waals surface area contributed by atoms with Gasteiger partial charge in [-0.25, -0.2) is 0 Å². The summed E-state index contributed by atoms with van der Waals surface area (Å²) in [5.41, 5.74) is 5.60. The predicted octanol–water partition coefficient (Wildman–Crippen LogP) is 6.11. The van der Waals surface area contributed by atoms with Crippen LogP contribution in [0.25, 0.3) is 0 Å². The molecule has 0 radical (unpaired) electrons. The minimum Gasteiger partial charge on any atom is -0.0622 e. The van der Waals surface area contributed by atoms with Crippen LogP contribution in [0.2, 0.25) is 0 Å². The Hall–Kier alpha value is -2.69. The molecule has 0 aliphatic carbocycles. The van der Waals surface area contributed by atoms with E-state index in [1.807, 2.05) is 0 Å². The molecule has 0 bridgehead atoms. The third-order valence-electron chi connectivity index (χ3n) is 6.10. The van der Waals surface area contributed by atoms with Crippen LogP contribution >= 0.6 is 7.26 Å². The van der Waals surface area contributed by atoms with Crippen LogP contribution in [0.1, 0.15) is 22.3 Å². The maximum atomic E-state index is 2.40. The van der Waals surface area contributed by atoms with E-state index in [1.165, 1.54) is 38.2 Å². The van der Waals surface area contributed by atoms with E-state index in [0.717, 1.165) is 6.16 Å². The van der Waals surface area contributed by atoms with Crippen molar-refractivity contribution in [3.05, 3.63) is 125 Å². The molecule has 0 unspecified atom stereocenters. The molecule has 0 heterocycles. The van der Waals surface area contributed by atoms with Gasteiger partial charge in [0.1, 0.15) is 23.2 Å². The first kappa shape index (κ1) is 19.6. The molecule has 0 atom stereocenters. The molecule has 0 amide bonds. The lowest BCUT2D eigenvalue weighted by Gasteiger charge is -2.30. The van der Waals surface area contributed by atoms with Gasteiger partial charge in [0.2, 0.25) is 0 Å². The monoisotopic (exact) mass is 395 g/mol. The van der Waals surface area contributed by atoms with Crippen molar-refractivity contribution in [1.82, 2.24) is 0 Å². The molecule has 29 heavy (non-hydrogen) atoms. The van der Waals surface area contributed by atoms with Crippen LogP contribution in [-0.2, 0) is 6.16 Å². The summed E-state index contributed by atoms with van der Waals surface area (Å²) in [4.78, 5) is 0. The summed E-state index contributed by atoms with van der Waals surface area (Å²) in [6.07, 6.45) is 1.03. The largest absolute Gasteiger partial charge is 0.116 e. The van der Waals surface area contributed by atoms with E-state index in [2.05, 4.69) is 124 Å². The highest BCUT2D eigenvalue weighted by atomic mass is 31.2. The number of hydrogen-bond acceptors (Lipinski definition) is 0. The van der Waals surface area contributed by atoms with Crippen LogP contribution in [0, 0.1) is 20.8 Å². The highest BCUT2D eigenvalue weighted by molar-refractivity contribution is 7.95. The Bertz CT molecular complexity index is 1040. The third kappa shape index (κ3) is 3.66. The Morgan fingerprint density at radius 1 is 0.517 bits per heavy atom. The normalized spacial score (nSPS) is 11.4. The molecule has 0 aliphatic heterocycles. The highest BCUT2D eigenvalue weighted by Crippen LogP contribution is 2.59. The molecule has 0 fully saturated rings. The fourth-order valence-electron chi connectivity index (χ4n) is 4.27. The second kappa shape index (κ2) is 8.36. The average molecular weight is 396 g/mol. The summed E-state index contributed by atoms with van der Waals surface area (Å²) in [5, 5.41) is 4.39. The average Bonchev–Trinajstić information content (AvgIpc) is 2.78. The smallest absolute Gasteiger partial charge is 0.0622 e. The lowest BCUT2D eigenvalue weighted by atomic mass is 10.1. The molecule has 0 saturated carbocycles. The van der Waals surface area contributed by atoms with Crippen LogP contribution in [0.3, 0.4) is 0 Å². The second-order valence-corrected chi connectivity index (χ2v) is 11.2. The molecule has 0 nitrogen and oxygen atoms in total. The van der Waals surface area contributed by atoms with Gasteiger partial charge in [0.15, 0.2) is 0 Å². The third-order valence-corrected chi connectivity index (χ3v) is 10.6. The van der Waals surface area contributed by atoms with Gasteiger partial charge in [-0.05, 0) is 73.4 Å². The van der Waals surface area contributed by atoms with Gasteiger partial charge in [-0.1, -0.05) is 72.8 Å². The van der Waals surface area contributed by atoms with Gasteiger partial charge in [-0.15, -0.1) is 0 Å². The van der Waals surface area contributed by atoms with Gasteiger partial charge < -0.3 is 0 Å². The molecular weight excluding hydrogens is 367 g/mol. The number of benzene rings is 4. The Morgan fingerprint density at radius 3 is 1.52 bits per heavy atom. The lowest BCUT2D eigenvalue weighted by Crippen LogP contribution is -2.34. The van der Waals surface area contributed by atoms with E-state index < -0.39 is 7.26 Å². The van der Waals surface area contributed by atoms with Crippen molar-refractivity contribution in [1.29, 1.82) is 0 Å². The Balaban J connectivity index is 2.08. The molecule has 4 rings (SSSR count). The van der Waals surface area contributed by atoms with Gasteiger partial charge in [0.25, 0.3) is 0 Å². The number of rotatable bonds is 5. The van der Waals surface area contributed by atoms with E-state index in [-0.39, 0.29) is 0 Å². The highest BCUT2D eigenvalue weighted by Gasteiger charge is 2.46. The summed E-state index contributed by atoms with van der Waals surface area (Å²) in [6, 6.07) is 38.0. The number of hydrogen-bond donors (Lipinski definition) is 0. The van der Waals surface area contributed by atoms with Crippen LogP contribution in [0.5, 0.6) is 0 Å². The maximum Gasteiger partial charge on any atom is 0.116 e. The van der Waals surface area contributed by atoms with Crippen LogP contribution in [0.15, 0.2) is 103 Å². The molecule has 144 valence electrons. The fourth-order valence-corrected chi connectivity index (χ4v) is 8.85. The molecule has 0 N–H and O–H groups in total. The SMILES string of the molecule is Cc1ccc([P+](Cc2ccccc2)(c2ccccc2)c2ccccc2)c(C)c1C. The van der Waals surface area contributed by atoms with Crippen molar-refractivity contribution in [3.8, 4) is 0 Å². The van der Waals surface area contributed by atoms with Gasteiger partial charge in [-0.2, -0.15) is 0 Å². The second-order valence-electron chi connectivity index (χ2n) is 7.78. The lowest BCUT2D eigenvalue weighted by molar-refractivity contribution is 1.28.